The average Bonchev–Trinajstić information content (AvgIpc) is 2.88. The minimum Gasteiger partial charge on any atom is -0.607 e. The van der Waals surface area contributed by atoms with E-state index in [4.69, 9.17) is 0 Å². The van der Waals surface area contributed by atoms with Crippen LogP contribution < -0.4 is 0 Å². The fourth-order valence-corrected chi connectivity index (χ4v) is 4.55. The number of fused-ring (bicyclic) bond motifs is 1. The lowest BCUT2D eigenvalue weighted by Gasteiger charge is -2.30. The summed E-state index contributed by atoms with van der Waals surface area (Å²) in [6.07, 6.45) is 2.35. The van der Waals surface area contributed by atoms with Crippen molar-refractivity contribution >= 4 is 17.1 Å². The largest absolute Gasteiger partial charge is 0.607 e. The lowest BCUT2D eigenvalue weighted by Crippen LogP contribution is -2.35. The highest BCUT2D eigenvalue weighted by molar-refractivity contribution is 7.95. The zero-order valence-electron chi connectivity index (χ0n) is 11.9. The number of carbonyl (C=O) groups excluding carboxylic acids is 1. The summed E-state index contributed by atoms with van der Waals surface area (Å²) >= 11 is -1.15. The Morgan fingerprint density at radius 1 is 1.30 bits per heavy atom. The van der Waals surface area contributed by atoms with Crippen molar-refractivity contribution in [3.8, 4) is 0 Å². The lowest BCUT2D eigenvalue weighted by molar-refractivity contribution is -0.130. The normalized spacial score (nSPS) is 24.1. The summed E-state index contributed by atoms with van der Waals surface area (Å²) in [6, 6.07) is 7.84. The fraction of sp³-hybridized carbons (Fsp3) is 0.438. The van der Waals surface area contributed by atoms with E-state index in [2.05, 4.69) is 0 Å². The molecular weight excluding hydrogens is 270 g/mol. The second-order valence-electron chi connectivity index (χ2n) is 5.65. The van der Waals surface area contributed by atoms with Gasteiger partial charge in [0.15, 0.2) is 9.80 Å². The number of hydrogen-bond acceptors (Lipinski definition) is 2. The number of amides is 1. The summed E-state index contributed by atoms with van der Waals surface area (Å²) < 4.78 is 12.9. The van der Waals surface area contributed by atoms with Crippen molar-refractivity contribution in [1.29, 1.82) is 0 Å². The number of aryl methyl sites for hydroxylation is 1. The van der Waals surface area contributed by atoms with Gasteiger partial charge >= 0.3 is 0 Å². The van der Waals surface area contributed by atoms with Crippen LogP contribution in [0.5, 0.6) is 0 Å². The Morgan fingerprint density at radius 2 is 2.00 bits per heavy atom. The zero-order chi connectivity index (χ0) is 14.3. The highest BCUT2D eigenvalue weighted by Crippen LogP contribution is 2.40. The van der Waals surface area contributed by atoms with Crippen molar-refractivity contribution < 1.29 is 9.35 Å². The van der Waals surface area contributed by atoms with E-state index >= 15 is 0 Å². The third kappa shape index (κ3) is 2.27. The zero-order valence-corrected chi connectivity index (χ0v) is 12.7. The van der Waals surface area contributed by atoms with Gasteiger partial charge in [-0.3, -0.25) is 4.79 Å². The Hall–Kier alpha value is -1.26. The Balaban J connectivity index is 2.00. The molecule has 0 bridgehead atoms. The number of hydrogen-bond donors (Lipinski definition) is 0. The van der Waals surface area contributed by atoms with Crippen LogP contribution in [-0.2, 0) is 16.0 Å². The van der Waals surface area contributed by atoms with Gasteiger partial charge < -0.3 is 9.45 Å². The van der Waals surface area contributed by atoms with Gasteiger partial charge in [-0.1, -0.05) is 24.6 Å². The van der Waals surface area contributed by atoms with Gasteiger partial charge in [0.05, 0.1) is 5.70 Å². The summed E-state index contributed by atoms with van der Waals surface area (Å²) in [7, 11) is 0. The summed E-state index contributed by atoms with van der Waals surface area (Å²) in [5, 5.41) is 0. The molecule has 2 atom stereocenters. The van der Waals surface area contributed by atoms with Gasteiger partial charge in [0.1, 0.15) is 0 Å². The molecular formula is C16H19NO2S. The molecule has 0 N–H and O–H groups in total. The molecule has 3 rings (SSSR count). The topological polar surface area (TPSA) is 43.4 Å². The highest BCUT2D eigenvalue weighted by Gasteiger charge is 2.40. The molecule has 2 aliphatic heterocycles. The van der Waals surface area contributed by atoms with E-state index in [1.807, 2.05) is 43.0 Å². The first-order chi connectivity index (χ1) is 9.58. The van der Waals surface area contributed by atoms with E-state index in [0.717, 1.165) is 40.4 Å². The third-order valence-electron chi connectivity index (χ3n) is 4.07. The van der Waals surface area contributed by atoms with Crippen molar-refractivity contribution in [3.63, 3.8) is 0 Å². The number of benzene rings is 1. The van der Waals surface area contributed by atoms with Crippen molar-refractivity contribution in [2.24, 2.45) is 5.92 Å². The second kappa shape index (κ2) is 5.26. The maximum Gasteiger partial charge on any atom is 0.227 e. The Bertz CT molecular complexity index is 564. The Labute approximate surface area is 122 Å². The van der Waals surface area contributed by atoms with E-state index in [0.29, 0.717) is 6.42 Å². The molecule has 106 valence electrons. The van der Waals surface area contributed by atoms with Crippen LogP contribution in [0.1, 0.15) is 31.7 Å². The van der Waals surface area contributed by atoms with Crippen LogP contribution in [-0.4, -0.2) is 21.9 Å². The number of rotatable bonds is 2. The molecule has 3 nitrogen and oxygen atoms in total. The van der Waals surface area contributed by atoms with Crippen LogP contribution in [0.25, 0.3) is 0 Å². The molecule has 0 aromatic heterocycles. The third-order valence-corrected chi connectivity index (χ3v) is 5.81. The molecule has 0 spiro atoms. The average molecular weight is 289 g/mol. The highest BCUT2D eigenvalue weighted by atomic mass is 32.2. The molecule has 1 unspecified atom stereocenters. The summed E-state index contributed by atoms with van der Waals surface area (Å²) in [5.74, 6) is 0.267. The Morgan fingerprint density at radius 3 is 2.70 bits per heavy atom. The van der Waals surface area contributed by atoms with E-state index in [1.165, 1.54) is 0 Å². The second-order valence-corrected chi connectivity index (χ2v) is 7.10. The monoisotopic (exact) mass is 289 g/mol. The van der Waals surface area contributed by atoms with Crippen molar-refractivity contribution in [2.75, 3.05) is 6.54 Å². The van der Waals surface area contributed by atoms with E-state index in [1.54, 1.807) is 0 Å². The van der Waals surface area contributed by atoms with E-state index in [-0.39, 0.29) is 11.8 Å². The lowest BCUT2D eigenvalue weighted by atomic mass is 10.0. The summed E-state index contributed by atoms with van der Waals surface area (Å²) in [4.78, 5) is 15.7. The number of carbonyl (C=O) groups is 1. The van der Waals surface area contributed by atoms with Gasteiger partial charge in [-0.25, -0.2) is 0 Å². The van der Waals surface area contributed by atoms with Gasteiger partial charge in [0.25, 0.3) is 0 Å². The number of nitrogens with zero attached hydrogens (tertiary/aromatic N) is 1. The van der Waals surface area contributed by atoms with Gasteiger partial charge in [-0.05, 0) is 31.9 Å². The molecule has 1 aromatic rings. The molecule has 0 radical (unpaired) electrons. The standard InChI is InChI=1S/C16H19NO2S/c1-11-5-7-13(8-6-11)20(19)16-12(2)10-15(18)17-9-3-4-14(16)17/h5-8,12H,3-4,9-10H2,1-2H3/t12-,20?/m0/s1. The first-order valence-corrected chi connectivity index (χ1v) is 8.25. The molecule has 1 amide bonds. The van der Waals surface area contributed by atoms with Crippen molar-refractivity contribution in [2.45, 2.75) is 38.0 Å². The van der Waals surface area contributed by atoms with Crippen LogP contribution >= 0.6 is 0 Å². The van der Waals surface area contributed by atoms with Crippen LogP contribution in [0.15, 0.2) is 39.8 Å². The van der Waals surface area contributed by atoms with Crippen LogP contribution in [0.4, 0.5) is 0 Å². The maximum atomic E-state index is 12.9. The maximum absolute atomic E-state index is 12.9. The molecule has 2 aliphatic rings. The quantitative estimate of drug-likeness (QED) is 0.786. The van der Waals surface area contributed by atoms with Gasteiger partial charge in [-0.15, -0.1) is 0 Å². The SMILES string of the molecule is Cc1ccc([S+]([O-])C2=C3CCCN3C(=O)C[C@@H]2C)cc1. The molecule has 1 fully saturated rings. The Kier molecular flexibility index (Phi) is 3.61. The minimum absolute atomic E-state index is 0.0778. The van der Waals surface area contributed by atoms with Crippen molar-refractivity contribution in [1.82, 2.24) is 4.90 Å². The minimum atomic E-state index is -1.15. The summed E-state index contributed by atoms with van der Waals surface area (Å²) in [5.41, 5.74) is 2.19. The smallest absolute Gasteiger partial charge is 0.227 e. The molecule has 4 heteroatoms. The molecule has 0 aliphatic carbocycles. The van der Waals surface area contributed by atoms with Crippen LogP contribution in [0, 0.1) is 12.8 Å². The fourth-order valence-electron chi connectivity index (χ4n) is 3.03. The van der Waals surface area contributed by atoms with Crippen LogP contribution in [0.3, 0.4) is 0 Å². The first kappa shape index (κ1) is 13.7. The molecule has 2 heterocycles. The van der Waals surface area contributed by atoms with Crippen LogP contribution in [0.2, 0.25) is 0 Å². The van der Waals surface area contributed by atoms with E-state index in [9.17, 15) is 9.35 Å². The first-order valence-electron chi connectivity index (χ1n) is 7.10. The van der Waals surface area contributed by atoms with Gasteiger partial charge in [-0.2, -0.15) is 0 Å². The van der Waals surface area contributed by atoms with E-state index < -0.39 is 11.2 Å². The van der Waals surface area contributed by atoms with Gasteiger partial charge in [0.2, 0.25) is 5.91 Å². The van der Waals surface area contributed by atoms with Crippen molar-refractivity contribution in [3.05, 3.63) is 40.4 Å². The molecule has 0 saturated carbocycles. The predicted octanol–water partition coefficient (Wildman–Crippen LogP) is 2.98. The summed E-state index contributed by atoms with van der Waals surface area (Å²) in [6.45, 7) is 4.83. The molecule has 20 heavy (non-hydrogen) atoms. The van der Waals surface area contributed by atoms with Gasteiger partial charge in [0, 0.05) is 30.1 Å². The molecule has 1 aromatic carbocycles. The number of allylic oxidation sites excluding steroid dienone is 2. The predicted molar refractivity (Wildman–Crippen MR) is 79.3 cm³/mol. The molecule has 1 saturated heterocycles.